The normalized spacial score (nSPS) is 15.7. The number of carbonyl (C=O) groups excluding carboxylic acids is 1. The molecule has 1 aliphatic heterocycles. The number of carbonyl (C=O) groups is 1. The standard InChI is InChI=1S/C22H27ClN2O4S/c1-30(27,28)25-14-11-19(12-15-25)29-21-10-9-18(16-20(21)23)22(26)24-13-5-8-17-6-3-2-4-7-17/h2-4,6-7,9-10,16,19H,5,8,11-15H2,1H3,(H,24,26). The zero-order valence-electron chi connectivity index (χ0n) is 17.0. The lowest BCUT2D eigenvalue weighted by molar-refractivity contribution is 0.0953. The van der Waals surface area contributed by atoms with Gasteiger partial charge in [0.05, 0.1) is 11.3 Å². The van der Waals surface area contributed by atoms with Crippen molar-refractivity contribution in [3.8, 4) is 5.75 Å². The van der Waals surface area contributed by atoms with E-state index in [2.05, 4.69) is 17.4 Å². The Labute approximate surface area is 183 Å². The fourth-order valence-corrected chi connectivity index (χ4v) is 4.54. The number of nitrogens with one attached hydrogen (secondary N) is 1. The Balaban J connectivity index is 1.47. The molecule has 0 aliphatic carbocycles. The molecule has 1 amide bonds. The first kappa shape index (κ1) is 22.6. The second kappa shape index (κ2) is 10.3. The number of hydrogen-bond donors (Lipinski definition) is 1. The number of aryl methyl sites for hydroxylation is 1. The van der Waals surface area contributed by atoms with Crippen molar-refractivity contribution in [1.82, 2.24) is 9.62 Å². The Bertz CT molecular complexity index is 958. The molecule has 1 saturated heterocycles. The molecule has 2 aromatic carbocycles. The predicted molar refractivity (Wildman–Crippen MR) is 119 cm³/mol. The molecule has 0 unspecified atom stereocenters. The molecule has 1 fully saturated rings. The topological polar surface area (TPSA) is 75.7 Å². The zero-order chi connectivity index (χ0) is 21.6. The van der Waals surface area contributed by atoms with Crippen molar-refractivity contribution in [2.24, 2.45) is 0 Å². The Morgan fingerprint density at radius 3 is 2.50 bits per heavy atom. The Kier molecular flexibility index (Phi) is 7.75. The van der Waals surface area contributed by atoms with Gasteiger partial charge in [-0.1, -0.05) is 41.9 Å². The lowest BCUT2D eigenvalue weighted by Gasteiger charge is -2.30. The summed E-state index contributed by atoms with van der Waals surface area (Å²) in [7, 11) is -3.16. The highest BCUT2D eigenvalue weighted by Gasteiger charge is 2.26. The van der Waals surface area contributed by atoms with Crippen molar-refractivity contribution in [2.75, 3.05) is 25.9 Å². The van der Waals surface area contributed by atoms with Gasteiger partial charge in [0.2, 0.25) is 10.0 Å². The number of ether oxygens (including phenoxy) is 1. The summed E-state index contributed by atoms with van der Waals surface area (Å²) in [4.78, 5) is 12.4. The number of nitrogens with zero attached hydrogens (tertiary/aromatic N) is 1. The third-order valence-electron chi connectivity index (χ3n) is 5.13. The minimum Gasteiger partial charge on any atom is -0.489 e. The molecule has 0 saturated carbocycles. The maximum Gasteiger partial charge on any atom is 0.251 e. The summed E-state index contributed by atoms with van der Waals surface area (Å²) in [5, 5.41) is 3.29. The fourth-order valence-electron chi connectivity index (χ4n) is 3.44. The maximum atomic E-state index is 12.4. The van der Waals surface area contributed by atoms with Crippen LogP contribution in [0.3, 0.4) is 0 Å². The van der Waals surface area contributed by atoms with Crippen molar-refractivity contribution < 1.29 is 17.9 Å². The molecule has 1 heterocycles. The van der Waals surface area contributed by atoms with Crippen LogP contribution in [-0.2, 0) is 16.4 Å². The number of rotatable bonds is 8. The predicted octanol–water partition coefficient (Wildman–Crippen LogP) is 3.51. The van der Waals surface area contributed by atoms with Gasteiger partial charge >= 0.3 is 0 Å². The largest absolute Gasteiger partial charge is 0.489 e. The van der Waals surface area contributed by atoms with Crippen LogP contribution in [0.1, 0.15) is 35.2 Å². The van der Waals surface area contributed by atoms with Crippen LogP contribution in [0.25, 0.3) is 0 Å². The summed E-state index contributed by atoms with van der Waals surface area (Å²) in [5.41, 5.74) is 1.73. The molecule has 2 aromatic rings. The van der Waals surface area contributed by atoms with Crippen molar-refractivity contribution >= 4 is 27.5 Å². The number of amides is 1. The summed E-state index contributed by atoms with van der Waals surface area (Å²) in [5.74, 6) is 0.341. The van der Waals surface area contributed by atoms with Crippen LogP contribution < -0.4 is 10.1 Å². The molecule has 0 atom stereocenters. The lowest BCUT2D eigenvalue weighted by atomic mass is 10.1. The molecular weight excluding hydrogens is 424 g/mol. The average molecular weight is 451 g/mol. The van der Waals surface area contributed by atoms with Gasteiger partial charge < -0.3 is 10.1 Å². The van der Waals surface area contributed by atoms with E-state index in [9.17, 15) is 13.2 Å². The van der Waals surface area contributed by atoms with E-state index in [-0.39, 0.29) is 12.0 Å². The van der Waals surface area contributed by atoms with Gasteiger partial charge in [0.1, 0.15) is 11.9 Å². The van der Waals surface area contributed by atoms with E-state index in [1.807, 2.05) is 18.2 Å². The molecule has 0 radical (unpaired) electrons. The Morgan fingerprint density at radius 1 is 1.17 bits per heavy atom. The summed E-state index contributed by atoms with van der Waals surface area (Å²) < 4.78 is 30.6. The Hall–Kier alpha value is -2.09. The van der Waals surface area contributed by atoms with Crippen LogP contribution in [0, 0.1) is 0 Å². The molecule has 162 valence electrons. The molecule has 30 heavy (non-hydrogen) atoms. The van der Waals surface area contributed by atoms with E-state index in [0.717, 1.165) is 12.8 Å². The highest BCUT2D eigenvalue weighted by atomic mass is 35.5. The molecule has 6 nitrogen and oxygen atoms in total. The molecule has 3 rings (SSSR count). The third kappa shape index (κ3) is 6.45. The van der Waals surface area contributed by atoms with Gasteiger partial charge in [-0.2, -0.15) is 0 Å². The third-order valence-corrected chi connectivity index (χ3v) is 6.73. The number of benzene rings is 2. The highest BCUT2D eigenvalue weighted by Crippen LogP contribution is 2.28. The fraction of sp³-hybridized carbons (Fsp3) is 0.409. The van der Waals surface area contributed by atoms with Crippen LogP contribution in [0.4, 0.5) is 0 Å². The first-order valence-electron chi connectivity index (χ1n) is 10.1. The van der Waals surface area contributed by atoms with Gasteiger partial charge in [-0.05, 0) is 49.4 Å². The van der Waals surface area contributed by atoms with E-state index in [1.165, 1.54) is 16.1 Å². The van der Waals surface area contributed by atoms with Crippen LogP contribution in [0.15, 0.2) is 48.5 Å². The SMILES string of the molecule is CS(=O)(=O)N1CCC(Oc2ccc(C(=O)NCCCc3ccccc3)cc2Cl)CC1. The van der Waals surface area contributed by atoms with Crippen molar-refractivity contribution in [1.29, 1.82) is 0 Å². The van der Waals surface area contributed by atoms with Gasteiger partial charge in [0, 0.05) is 25.2 Å². The molecule has 1 aliphatic rings. The van der Waals surface area contributed by atoms with Gasteiger partial charge in [-0.3, -0.25) is 4.79 Å². The number of piperidine rings is 1. The van der Waals surface area contributed by atoms with Gasteiger partial charge in [-0.15, -0.1) is 0 Å². The quantitative estimate of drug-likeness (QED) is 0.624. The van der Waals surface area contributed by atoms with E-state index in [0.29, 0.717) is 48.8 Å². The highest BCUT2D eigenvalue weighted by molar-refractivity contribution is 7.88. The molecule has 0 spiro atoms. The molecule has 1 N–H and O–H groups in total. The minimum absolute atomic E-state index is 0.0989. The van der Waals surface area contributed by atoms with Crippen LogP contribution in [0.5, 0.6) is 5.75 Å². The summed E-state index contributed by atoms with van der Waals surface area (Å²) in [6, 6.07) is 15.2. The second-order valence-corrected chi connectivity index (χ2v) is 9.86. The number of sulfonamides is 1. The van der Waals surface area contributed by atoms with Gasteiger partial charge in [0.15, 0.2) is 0 Å². The summed E-state index contributed by atoms with van der Waals surface area (Å²) >= 11 is 6.32. The molecule has 0 bridgehead atoms. The average Bonchev–Trinajstić information content (AvgIpc) is 2.73. The lowest BCUT2D eigenvalue weighted by Crippen LogP contribution is -2.41. The van der Waals surface area contributed by atoms with E-state index in [4.69, 9.17) is 16.3 Å². The van der Waals surface area contributed by atoms with E-state index in [1.54, 1.807) is 18.2 Å². The summed E-state index contributed by atoms with van der Waals surface area (Å²) in [6.07, 6.45) is 4.10. The number of halogens is 1. The molecule has 8 heteroatoms. The van der Waals surface area contributed by atoms with Gasteiger partial charge in [0.25, 0.3) is 5.91 Å². The smallest absolute Gasteiger partial charge is 0.251 e. The number of hydrogen-bond acceptors (Lipinski definition) is 4. The second-order valence-electron chi connectivity index (χ2n) is 7.47. The Morgan fingerprint density at radius 2 is 1.87 bits per heavy atom. The maximum absolute atomic E-state index is 12.4. The summed E-state index contributed by atoms with van der Waals surface area (Å²) in [6.45, 7) is 1.46. The van der Waals surface area contributed by atoms with E-state index >= 15 is 0 Å². The monoisotopic (exact) mass is 450 g/mol. The minimum atomic E-state index is -3.16. The first-order chi connectivity index (χ1) is 14.3. The molecule has 0 aromatic heterocycles. The molecular formula is C22H27ClN2O4S. The zero-order valence-corrected chi connectivity index (χ0v) is 18.6. The van der Waals surface area contributed by atoms with E-state index < -0.39 is 10.0 Å². The van der Waals surface area contributed by atoms with Gasteiger partial charge in [-0.25, -0.2) is 12.7 Å². The van der Waals surface area contributed by atoms with Crippen molar-refractivity contribution in [2.45, 2.75) is 31.8 Å². The van der Waals surface area contributed by atoms with Crippen molar-refractivity contribution in [3.63, 3.8) is 0 Å². The van der Waals surface area contributed by atoms with Crippen LogP contribution in [-0.4, -0.2) is 50.6 Å². The first-order valence-corrected chi connectivity index (χ1v) is 12.3. The van der Waals surface area contributed by atoms with Crippen molar-refractivity contribution in [3.05, 3.63) is 64.7 Å². The van der Waals surface area contributed by atoms with Crippen LogP contribution in [0.2, 0.25) is 5.02 Å². The van der Waals surface area contributed by atoms with Crippen LogP contribution >= 0.6 is 11.6 Å².